The topological polar surface area (TPSA) is 78.9 Å². The molecule has 0 aliphatic carbocycles. The summed E-state index contributed by atoms with van der Waals surface area (Å²) in [4.78, 5) is 0. The molecule has 6 nitrogen and oxygen atoms in total. The zero-order chi connectivity index (χ0) is 12.5. The molecule has 7 heteroatoms. The number of piperidine rings is 1. The lowest BCUT2D eigenvalue weighted by molar-refractivity contribution is 0.119. The van der Waals surface area contributed by atoms with Crippen LogP contribution in [-0.4, -0.2) is 68.6 Å². The second kappa shape index (κ2) is 5.19. The van der Waals surface area contributed by atoms with E-state index in [0.29, 0.717) is 26.3 Å². The highest BCUT2D eigenvalue weighted by atomic mass is 32.2. The quantitative estimate of drug-likeness (QED) is 0.666. The Bertz CT molecular complexity index is 351. The van der Waals surface area contributed by atoms with Gasteiger partial charge in [0.1, 0.15) is 0 Å². The van der Waals surface area contributed by atoms with Crippen molar-refractivity contribution in [3.8, 4) is 0 Å². The normalized spacial score (nSPS) is 33.1. The summed E-state index contributed by atoms with van der Waals surface area (Å²) in [6.07, 6.45) is 2.38. The Morgan fingerprint density at radius 3 is 2.41 bits per heavy atom. The van der Waals surface area contributed by atoms with Crippen molar-refractivity contribution in [3.63, 3.8) is 0 Å². The molecule has 100 valence electrons. The number of aliphatic hydroxyl groups is 1. The minimum absolute atomic E-state index is 0.00946. The van der Waals surface area contributed by atoms with Crippen molar-refractivity contribution in [2.75, 3.05) is 32.6 Å². The zero-order valence-corrected chi connectivity index (χ0v) is 10.8. The number of aliphatic hydroxyl groups excluding tert-OH is 1. The summed E-state index contributed by atoms with van der Waals surface area (Å²) in [5.41, 5.74) is 0. The monoisotopic (exact) mass is 264 g/mol. The number of rotatable bonds is 3. The SMILES string of the molecule is CS(=O)(=O)N1CCC(NC2COCC2O)CC1. The van der Waals surface area contributed by atoms with E-state index in [2.05, 4.69) is 5.32 Å². The van der Waals surface area contributed by atoms with Crippen LogP contribution in [0.25, 0.3) is 0 Å². The highest BCUT2D eigenvalue weighted by Crippen LogP contribution is 2.15. The first-order valence-electron chi connectivity index (χ1n) is 5.94. The standard InChI is InChI=1S/C10H20N2O4S/c1-17(14,15)12-4-2-8(3-5-12)11-9-6-16-7-10(9)13/h8-11,13H,2-7H2,1H3. The molecule has 2 atom stereocenters. The molecule has 2 unspecified atom stereocenters. The summed E-state index contributed by atoms with van der Waals surface area (Å²) >= 11 is 0. The van der Waals surface area contributed by atoms with Crippen LogP contribution in [0.4, 0.5) is 0 Å². The summed E-state index contributed by atoms with van der Waals surface area (Å²) in [7, 11) is -3.06. The van der Waals surface area contributed by atoms with Gasteiger partial charge in [0.15, 0.2) is 0 Å². The molecular formula is C10H20N2O4S. The second-order valence-electron chi connectivity index (χ2n) is 4.81. The molecule has 0 aromatic rings. The number of nitrogens with one attached hydrogen (secondary N) is 1. The molecule has 0 radical (unpaired) electrons. The summed E-state index contributed by atoms with van der Waals surface area (Å²) in [6, 6.07) is 0.263. The number of sulfonamides is 1. The number of hydrogen-bond acceptors (Lipinski definition) is 5. The number of ether oxygens (including phenoxy) is 1. The van der Waals surface area contributed by atoms with Crippen LogP contribution in [-0.2, 0) is 14.8 Å². The maximum absolute atomic E-state index is 11.3. The van der Waals surface area contributed by atoms with Gasteiger partial charge in [0.05, 0.1) is 31.6 Å². The van der Waals surface area contributed by atoms with Crippen molar-refractivity contribution in [2.45, 2.75) is 31.0 Å². The van der Waals surface area contributed by atoms with Crippen molar-refractivity contribution >= 4 is 10.0 Å². The predicted octanol–water partition coefficient (Wildman–Crippen LogP) is -1.24. The van der Waals surface area contributed by atoms with Crippen molar-refractivity contribution in [1.29, 1.82) is 0 Å². The van der Waals surface area contributed by atoms with Gasteiger partial charge in [0, 0.05) is 19.1 Å². The molecule has 2 rings (SSSR count). The molecule has 2 fully saturated rings. The number of hydrogen-bond donors (Lipinski definition) is 2. The largest absolute Gasteiger partial charge is 0.389 e. The van der Waals surface area contributed by atoms with Gasteiger partial charge in [-0.1, -0.05) is 0 Å². The van der Waals surface area contributed by atoms with E-state index in [1.54, 1.807) is 0 Å². The van der Waals surface area contributed by atoms with E-state index in [9.17, 15) is 13.5 Å². The van der Waals surface area contributed by atoms with E-state index in [1.165, 1.54) is 10.6 Å². The van der Waals surface area contributed by atoms with E-state index in [0.717, 1.165) is 12.8 Å². The summed E-state index contributed by atoms with van der Waals surface area (Å²) in [5, 5.41) is 13.0. The van der Waals surface area contributed by atoms with Crippen LogP contribution in [0, 0.1) is 0 Å². The van der Waals surface area contributed by atoms with Gasteiger partial charge in [0.25, 0.3) is 0 Å². The van der Waals surface area contributed by atoms with Crippen LogP contribution in [0.15, 0.2) is 0 Å². The Morgan fingerprint density at radius 2 is 1.94 bits per heavy atom. The Kier molecular flexibility index (Phi) is 4.04. The fraction of sp³-hybridized carbons (Fsp3) is 1.00. The van der Waals surface area contributed by atoms with Crippen molar-refractivity contribution in [2.24, 2.45) is 0 Å². The fourth-order valence-corrected chi connectivity index (χ4v) is 3.23. The van der Waals surface area contributed by atoms with E-state index < -0.39 is 16.1 Å². The van der Waals surface area contributed by atoms with Gasteiger partial charge in [0.2, 0.25) is 10.0 Å². The predicted molar refractivity (Wildman–Crippen MR) is 63.2 cm³/mol. The summed E-state index contributed by atoms with van der Waals surface area (Å²) in [6.45, 7) is 2.04. The highest BCUT2D eigenvalue weighted by molar-refractivity contribution is 7.88. The van der Waals surface area contributed by atoms with Gasteiger partial charge >= 0.3 is 0 Å². The lowest BCUT2D eigenvalue weighted by atomic mass is 10.0. The van der Waals surface area contributed by atoms with Crippen LogP contribution in [0.1, 0.15) is 12.8 Å². The molecule has 0 bridgehead atoms. The molecule has 2 saturated heterocycles. The summed E-state index contributed by atoms with van der Waals surface area (Å²) in [5.74, 6) is 0. The van der Waals surface area contributed by atoms with Crippen LogP contribution in [0.5, 0.6) is 0 Å². The first kappa shape index (κ1) is 13.2. The Labute approximate surface area is 102 Å². The smallest absolute Gasteiger partial charge is 0.211 e. The van der Waals surface area contributed by atoms with Crippen LogP contribution < -0.4 is 5.32 Å². The summed E-state index contributed by atoms with van der Waals surface area (Å²) < 4.78 is 29.3. The Balaban J connectivity index is 1.79. The van der Waals surface area contributed by atoms with E-state index >= 15 is 0 Å². The third-order valence-corrected chi connectivity index (χ3v) is 4.73. The lowest BCUT2D eigenvalue weighted by Crippen LogP contribution is -2.50. The molecule has 0 amide bonds. The molecule has 2 aliphatic heterocycles. The highest BCUT2D eigenvalue weighted by Gasteiger charge is 2.31. The van der Waals surface area contributed by atoms with Crippen LogP contribution in [0.3, 0.4) is 0 Å². The van der Waals surface area contributed by atoms with Gasteiger partial charge in [-0.15, -0.1) is 0 Å². The molecule has 2 N–H and O–H groups in total. The van der Waals surface area contributed by atoms with Crippen LogP contribution >= 0.6 is 0 Å². The van der Waals surface area contributed by atoms with E-state index in [-0.39, 0.29) is 12.1 Å². The van der Waals surface area contributed by atoms with Crippen molar-refractivity contribution < 1.29 is 18.3 Å². The minimum atomic E-state index is -3.06. The first-order valence-corrected chi connectivity index (χ1v) is 7.78. The molecule has 0 saturated carbocycles. The Hall–Kier alpha value is -0.210. The van der Waals surface area contributed by atoms with Gasteiger partial charge in [-0.05, 0) is 12.8 Å². The molecule has 0 aromatic heterocycles. The molecular weight excluding hydrogens is 244 g/mol. The average molecular weight is 264 g/mol. The minimum Gasteiger partial charge on any atom is -0.389 e. The third kappa shape index (κ3) is 3.38. The maximum atomic E-state index is 11.3. The van der Waals surface area contributed by atoms with Crippen molar-refractivity contribution in [1.82, 2.24) is 9.62 Å². The van der Waals surface area contributed by atoms with Gasteiger partial charge in [-0.3, -0.25) is 0 Å². The molecule has 2 heterocycles. The van der Waals surface area contributed by atoms with Gasteiger partial charge < -0.3 is 15.2 Å². The van der Waals surface area contributed by atoms with Crippen LogP contribution in [0.2, 0.25) is 0 Å². The van der Waals surface area contributed by atoms with Gasteiger partial charge in [-0.25, -0.2) is 12.7 Å². The molecule has 2 aliphatic rings. The zero-order valence-electron chi connectivity index (χ0n) is 10.0. The van der Waals surface area contributed by atoms with Gasteiger partial charge in [-0.2, -0.15) is 0 Å². The molecule has 0 spiro atoms. The average Bonchev–Trinajstić information content (AvgIpc) is 2.64. The van der Waals surface area contributed by atoms with Crippen molar-refractivity contribution in [3.05, 3.63) is 0 Å². The maximum Gasteiger partial charge on any atom is 0.211 e. The first-order chi connectivity index (χ1) is 7.97. The van der Waals surface area contributed by atoms with E-state index in [1.807, 2.05) is 0 Å². The fourth-order valence-electron chi connectivity index (χ4n) is 2.36. The van der Waals surface area contributed by atoms with E-state index in [4.69, 9.17) is 4.74 Å². The third-order valence-electron chi connectivity index (χ3n) is 3.42. The second-order valence-corrected chi connectivity index (χ2v) is 6.80. The molecule has 17 heavy (non-hydrogen) atoms. The number of nitrogens with zero attached hydrogens (tertiary/aromatic N) is 1. The molecule has 0 aromatic carbocycles. The lowest BCUT2D eigenvalue weighted by Gasteiger charge is -2.32. The Morgan fingerprint density at radius 1 is 1.29 bits per heavy atom.